The van der Waals surface area contributed by atoms with E-state index in [1.54, 1.807) is 18.2 Å². The third-order valence-electron chi connectivity index (χ3n) is 2.48. The van der Waals surface area contributed by atoms with Gasteiger partial charge < -0.3 is 10.1 Å². The summed E-state index contributed by atoms with van der Waals surface area (Å²) in [5.41, 5.74) is 2.03. The number of hydrogen-bond acceptors (Lipinski definition) is 2. The van der Waals surface area contributed by atoms with E-state index in [4.69, 9.17) is 5.11 Å². The monoisotopic (exact) mass is 232 g/mol. The van der Waals surface area contributed by atoms with E-state index < -0.39 is 5.97 Å². The lowest BCUT2D eigenvalue weighted by atomic mass is 9.92. The molecule has 2 N–H and O–H groups in total. The molecule has 0 fully saturated rings. The second-order valence-electron chi connectivity index (χ2n) is 5.46. The van der Waals surface area contributed by atoms with Gasteiger partial charge in [-0.25, -0.2) is 9.78 Å². The first-order valence-corrected chi connectivity index (χ1v) is 5.57. The summed E-state index contributed by atoms with van der Waals surface area (Å²) < 4.78 is 0. The molecule has 0 aliphatic rings. The number of benzene rings is 1. The molecule has 0 saturated carbocycles. The van der Waals surface area contributed by atoms with Gasteiger partial charge in [0.2, 0.25) is 0 Å². The molecule has 1 aromatic heterocycles. The highest BCUT2D eigenvalue weighted by Gasteiger charge is 2.14. The van der Waals surface area contributed by atoms with Gasteiger partial charge in [-0.2, -0.15) is 0 Å². The van der Waals surface area contributed by atoms with Crippen LogP contribution in [0.1, 0.15) is 37.0 Å². The minimum absolute atomic E-state index is 0.156. The zero-order valence-corrected chi connectivity index (χ0v) is 10.2. The Morgan fingerprint density at radius 3 is 2.71 bits per heavy atom. The van der Waals surface area contributed by atoms with Crippen molar-refractivity contribution < 1.29 is 9.90 Å². The van der Waals surface area contributed by atoms with Crippen LogP contribution in [-0.2, 0) is 6.42 Å². The summed E-state index contributed by atoms with van der Waals surface area (Å²) in [6.45, 7) is 6.43. The van der Waals surface area contributed by atoms with Gasteiger partial charge in [0.05, 0.1) is 16.6 Å². The van der Waals surface area contributed by atoms with Crippen LogP contribution in [0.5, 0.6) is 0 Å². The number of H-pyrrole nitrogens is 1. The maximum absolute atomic E-state index is 10.8. The van der Waals surface area contributed by atoms with Gasteiger partial charge in [-0.3, -0.25) is 0 Å². The van der Waals surface area contributed by atoms with Crippen LogP contribution in [0.4, 0.5) is 0 Å². The van der Waals surface area contributed by atoms with Gasteiger partial charge in [0, 0.05) is 6.42 Å². The van der Waals surface area contributed by atoms with E-state index in [-0.39, 0.29) is 11.0 Å². The lowest BCUT2D eigenvalue weighted by Crippen LogP contribution is -2.10. The fourth-order valence-electron chi connectivity index (χ4n) is 1.78. The van der Waals surface area contributed by atoms with Crippen LogP contribution < -0.4 is 0 Å². The topological polar surface area (TPSA) is 66.0 Å². The number of fused-ring (bicyclic) bond motifs is 1. The second kappa shape index (κ2) is 3.87. The van der Waals surface area contributed by atoms with Crippen LogP contribution in [0.3, 0.4) is 0 Å². The van der Waals surface area contributed by atoms with E-state index in [1.165, 1.54) is 0 Å². The molecule has 0 aliphatic carbocycles. The molecule has 4 heteroatoms. The summed E-state index contributed by atoms with van der Waals surface area (Å²) in [4.78, 5) is 18.5. The average molecular weight is 232 g/mol. The van der Waals surface area contributed by atoms with Crippen molar-refractivity contribution in [3.8, 4) is 0 Å². The maximum Gasteiger partial charge on any atom is 0.335 e. The number of rotatable bonds is 2. The van der Waals surface area contributed by atoms with E-state index in [9.17, 15) is 4.79 Å². The molecule has 2 aromatic rings. The number of hydrogen-bond donors (Lipinski definition) is 2. The van der Waals surface area contributed by atoms with Crippen LogP contribution >= 0.6 is 0 Å². The zero-order valence-electron chi connectivity index (χ0n) is 10.2. The molecule has 0 spiro atoms. The van der Waals surface area contributed by atoms with Crippen LogP contribution in [0.25, 0.3) is 11.0 Å². The molecule has 17 heavy (non-hydrogen) atoms. The lowest BCUT2D eigenvalue weighted by Gasteiger charge is -2.15. The predicted octanol–water partition coefficient (Wildman–Crippen LogP) is 2.85. The molecule has 0 unspecified atom stereocenters. The average Bonchev–Trinajstić information content (AvgIpc) is 2.54. The smallest absolute Gasteiger partial charge is 0.335 e. The van der Waals surface area contributed by atoms with E-state index in [0.717, 1.165) is 23.3 Å². The summed E-state index contributed by atoms with van der Waals surface area (Å²) in [5.74, 6) is -0.0195. The van der Waals surface area contributed by atoms with E-state index >= 15 is 0 Å². The Balaban J connectivity index is 2.40. The highest BCUT2D eigenvalue weighted by molar-refractivity contribution is 5.92. The molecular weight excluding hydrogens is 216 g/mol. The first-order chi connectivity index (χ1) is 7.85. The maximum atomic E-state index is 10.8. The van der Waals surface area contributed by atoms with E-state index in [0.29, 0.717) is 0 Å². The van der Waals surface area contributed by atoms with Crippen LogP contribution in [-0.4, -0.2) is 21.0 Å². The molecule has 2 rings (SSSR count). The molecule has 0 atom stereocenters. The minimum Gasteiger partial charge on any atom is -0.478 e. The number of carboxylic acid groups (broad SMARTS) is 1. The van der Waals surface area contributed by atoms with Crippen LogP contribution in [0, 0.1) is 5.41 Å². The molecule has 4 nitrogen and oxygen atoms in total. The Labute approximate surface area is 99.7 Å². The molecule has 0 saturated heterocycles. The van der Waals surface area contributed by atoms with Gasteiger partial charge in [-0.15, -0.1) is 0 Å². The number of aromatic nitrogens is 2. The van der Waals surface area contributed by atoms with E-state index in [1.807, 2.05) is 0 Å². The number of carbonyl (C=O) groups is 1. The first-order valence-electron chi connectivity index (χ1n) is 5.57. The van der Waals surface area contributed by atoms with E-state index in [2.05, 4.69) is 30.7 Å². The highest BCUT2D eigenvalue weighted by Crippen LogP contribution is 2.21. The highest BCUT2D eigenvalue weighted by atomic mass is 16.4. The van der Waals surface area contributed by atoms with Gasteiger partial charge in [-0.1, -0.05) is 20.8 Å². The van der Waals surface area contributed by atoms with Crippen molar-refractivity contribution in [2.75, 3.05) is 0 Å². The van der Waals surface area contributed by atoms with Gasteiger partial charge >= 0.3 is 5.97 Å². The summed E-state index contributed by atoms with van der Waals surface area (Å²) in [6.07, 6.45) is 0.837. The molecule has 0 aliphatic heterocycles. The standard InChI is InChI=1S/C13H16N2O2/c1-13(2,3)7-11-14-9-5-4-8(12(16)17)6-10(9)15-11/h4-6H,7H2,1-3H3,(H,14,15)(H,16,17). The molecule has 0 bridgehead atoms. The molecule has 1 aromatic carbocycles. The number of aromatic carboxylic acids is 1. The van der Waals surface area contributed by atoms with Gasteiger partial charge in [0.25, 0.3) is 0 Å². The summed E-state index contributed by atoms with van der Waals surface area (Å²) in [6, 6.07) is 4.94. The van der Waals surface area contributed by atoms with Crippen LogP contribution in [0.2, 0.25) is 0 Å². The minimum atomic E-state index is -0.918. The molecular formula is C13H16N2O2. The number of imidazole rings is 1. The normalized spacial score (nSPS) is 11.9. The summed E-state index contributed by atoms with van der Waals surface area (Å²) in [7, 11) is 0. The summed E-state index contributed by atoms with van der Waals surface area (Å²) in [5, 5.41) is 8.90. The van der Waals surface area contributed by atoms with Gasteiger partial charge in [0.15, 0.2) is 0 Å². The molecule has 0 amide bonds. The number of carboxylic acids is 1. The van der Waals surface area contributed by atoms with Crippen molar-refractivity contribution in [1.29, 1.82) is 0 Å². The third-order valence-corrected chi connectivity index (χ3v) is 2.48. The number of nitrogens with one attached hydrogen (secondary N) is 1. The Bertz CT molecular complexity index is 564. The zero-order chi connectivity index (χ0) is 12.6. The Hall–Kier alpha value is -1.84. The SMILES string of the molecule is CC(C)(C)Cc1nc2ccc(C(=O)O)cc2[nH]1. The molecule has 0 radical (unpaired) electrons. The largest absolute Gasteiger partial charge is 0.478 e. The Kier molecular flexibility index (Phi) is 2.65. The van der Waals surface area contributed by atoms with Crippen molar-refractivity contribution in [2.45, 2.75) is 27.2 Å². The van der Waals surface area contributed by atoms with Gasteiger partial charge in [-0.05, 0) is 23.6 Å². The third kappa shape index (κ3) is 2.64. The number of aromatic amines is 1. The quantitative estimate of drug-likeness (QED) is 0.836. The van der Waals surface area contributed by atoms with Crippen molar-refractivity contribution in [3.05, 3.63) is 29.6 Å². The fraction of sp³-hybridized carbons (Fsp3) is 0.385. The van der Waals surface area contributed by atoms with Crippen molar-refractivity contribution >= 4 is 17.0 Å². The predicted molar refractivity (Wildman–Crippen MR) is 66.2 cm³/mol. The van der Waals surface area contributed by atoms with Crippen molar-refractivity contribution in [2.24, 2.45) is 5.41 Å². The fourth-order valence-corrected chi connectivity index (χ4v) is 1.78. The molecule has 1 heterocycles. The number of nitrogens with zero attached hydrogens (tertiary/aromatic N) is 1. The lowest BCUT2D eigenvalue weighted by molar-refractivity contribution is 0.0697. The molecule has 90 valence electrons. The van der Waals surface area contributed by atoms with Crippen molar-refractivity contribution in [1.82, 2.24) is 9.97 Å². The first kappa shape index (κ1) is 11.6. The van der Waals surface area contributed by atoms with Crippen LogP contribution in [0.15, 0.2) is 18.2 Å². The Morgan fingerprint density at radius 1 is 1.41 bits per heavy atom. The van der Waals surface area contributed by atoms with Gasteiger partial charge in [0.1, 0.15) is 5.82 Å². The Morgan fingerprint density at radius 2 is 2.12 bits per heavy atom. The second-order valence-corrected chi connectivity index (χ2v) is 5.46. The van der Waals surface area contributed by atoms with Crippen molar-refractivity contribution in [3.63, 3.8) is 0 Å². The summed E-state index contributed by atoms with van der Waals surface area (Å²) >= 11 is 0.